The highest BCUT2D eigenvalue weighted by Crippen LogP contribution is 2.43. The molecule has 1 aliphatic rings. The zero-order chi connectivity index (χ0) is 26.8. The van der Waals surface area contributed by atoms with Crippen LogP contribution in [-0.2, 0) is 0 Å². The van der Waals surface area contributed by atoms with E-state index in [1.54, 1.807) is 18.3 Å². The van der Waals surface area contributed by atoms with Crippen molar-refractivity contribution >= 4 is 28.7 Å². The normalized spacial score (nSPS) is 16.6. The number of thiocarbonyl (C=S) groups is 1. The van der Waals surface area contributed by atoms with E-state index in [0.29, 0.717) is 22.4 Å². The molecule has 0 spiro atoms. The predicted molar refractivity (Wildman–Crippen MR) is 152 cm³/mol. The first-order chi connectivity index (χ1) is 19.1. The first-order valence-corrected chi connectivity index (χ1v) is 12.7. The molecule has 2 atom stereocenters. The van der Waals surface area contributed by atoms with Gasteiger partial charge in [-0.1, -0.05) is 24.3 Å². The fraction of sp³-hybridized carbons (Fsp3) is 0.0667. The van der Waals surface area contributed by atoms with E-state index in [1.807, 2.05) is 89.8 Å². The minimum absolute atomic E-state index is 0.0250. The van der Waals surface area contributed by atoms with E-state index < -0.39 is 4.92 Å². The minimum atomic E-state index is -0.423. The molecule has 0 saturated carbocycles. The Morgan fingerprint density at radius 1 is 0.872 bits per heavy atom. The van der Waals surface area contributed by atoms with Crippen molar-refractivity contribution in [1.29, 1.82) is 0 Å². The molecule has 0 aliphatic carbocycles. The summed E-state index contributed by atoms with van der Waals surface area (Å²) >= 11 is 5.80. The maximum atomic E-state index is 11.1. The molecule has 1 saturated heterocycles. The van der Waals surface area contributed by atoms with Crippen LogP contribution in [0.3, 0.4) is 0 Å². The van der Waals surface area contributed by atoms with Gasteiger partial charge >= 0.3 is 0 Å². The van der Waals surface area contributed by atoms with Crippen molar-refractivity contribution in [2.45, 2.75) is 12.1 Å². The lowest BCUT2D eigenvalue weighted by Crippen LogP contribution is -2.29. The standard InChI is InChI=1S/C30H22N4O4S/c35-34(36)22-11-9-20(10-12-22)26-17-18-27(38-26)29-28(25-8-4-5-19-31-25)32-30(39)33(29)21-13-15-24(16-14-21)37-23-6-2-1-3-7-23/h1-19,28-29H,(H,32,39)/t28-,29+/m0/s1. The zero-order valence-electron chi connectivity index (χ0n) is 20.5. The zero-order valence-corrected chi connectivity index (χ0v) is 21.3. The number of anilines is 1. The third kappa shape index (κ3) is 4.95. The summed E-state index contributed by atoms with van der Waals surface area (Å²) < 4.78 is 12.3. The van der Waals surface area contributed by atoms with Crippen molar-refractivity contribution < 1.29 is 14.1 Å². The van der Waals surface area contributed by atoms with Gasteiger partial charge in [-0.25, -0.2) is 0 Å². The first kappa shape index (κ1) is 24.3. The first-order valence-electron chi connectivity index (χ1n) is 12.2. The SMILES string of the molecule is O=[N+]([O-])c1ccc(-c2ccc([C@@H]3[C@H](c4ccccn4)NC(=S)N3c3ccc(Oc4ccccc4)cc3)o2)cc1. The number of nitro benzene ring substituents is 1. The molecular weight excluding hydrogens is 512 g/mol. The number of para-hydroxylation sites is 1. The molecule has 0 bridgehead atoms. The maximum absolute atomic E-state index is 11.1. The van der Waals surface area contributed by atoms with Gasteiger partial charge in [0.2, 0.25) is 0 Å². The number of hydrogen-bond acceptors (Lipinski definition) is 6. The predicted octanol–water partition coefficient (Wildman–Crippen LogP) is 7.22. The number of rotatable bonds is 7. The summed E-state index contributed by atoms with van der Waals surface area (Å²) in [6.07, 6.45) is 1.75. The smallest absolute Gasteiger partial charge is 0.269 e. The van der Waals surface area contributed by atoms with Gasteiger partial charge in [0.15, 0.2) is 5.11 Å². The quantitative estimate of drug-likeness (QED) is 0.133. The van der Waals surface area contributed by atoms with Crippen molar-refractivity contribution in [3.8, 4) is 22.8 Å². The van der Waals surface area contributed by atoms with Crippen LogP contribution in [0.1, 0.15) is 23.5 Å². The minimum Gasteiger partial charge on any atom is -0.459 e. The molecule has 9 heteroatoms. The van der Waals surface area contributed by atoms with Crippen LogP contribution in [0.5, 0.6) is 11.5 Å². The average Bonchev–Trinajstić information content (AvgIpc) is 3.59. The second-order valence-corrected chi connectivity index (χ2v) is 9.30. The van der Waals surface area contributed by atoms with Gasteiger partial charge in [-0.3, -0.25) is 15.1 Å². The molecule has 5 aromatic rings. The molecule has 1 N–H and O–H groups in total. The van der Waals surface area contributed by atoms with Crippen molar-refractivity contribution in [3.63, 3.8) is 0 Å². The highest BCUT2D eigenvalue weighted by molar-refractivity contribution is 7.80. The number of aromatic nitrogens is 1. The Balaban J connectivity index is 1.34. The van der Waals surface area contributed by atoms with Gasteiger partial charge in [-0.05, 0) is 85.0 Å². The molecule has 1 aliphatic heterocycles. The molecule has 3 aromatic carbocycles. The summed E-state index contributed by atoms with van der Waals surface area (Å²) in [7, 11) is 0. The van der Waals surface area contributed by atoms with E-state index in [-0.39, 0.29) is 17.8 Å². The van der Waals surface area contributed by atoms with Crippen LogP contribution in [0.2, 0.25) is 0 Å². The summed E-state index contributed by atoms with van der Waals surface area (Å²) in [5.74, 6) is 2.74. The molecule has 0 radical (unpaired) electrons. The summed E-state index contributed by atoms with van der Waals surface area (Å²) in [4.78, 5) is 17.2. The monoisotopic (exact) mass is 534 g/mol. The topological polar surface area (TPSA) is 93.7 Å². The lowest BCUT2D eigenvalue weighted by Gasteiger charge is -2.26. The van der Waals surface area contributed by atoms with E-state index in [2.05, 4.69) is 10.3 Å². The van der Waals surface area contributed by atoms with Crippen molar-refractivity contribution in [3.05, 3.63) is 137 Å². The molecule has 0 amide bonds. The van der Waals surface area contributed by atoms with Gasteiger partial charge in [-0.2, -0.15) is 0 Å². The third-order valence-corrected chi connectivity index (χ3v) is 6.79. The van der Waals surface area contributed by atoms with Crippen LogP contribution < -0.4 is 15.0 Å². The van der Waals surface area contributed by atoms with Crippen molar-refractivity contribution in [2.24, 2.45) is 0 Å². The molecule has 0 unspecified atom stereocenters. The number of non-ortho nitro benzene ring substituents is 1. The van der Waals surface area contributed by atoms with Crippen LogP contribution in [0.15, 0.2) is 120 Å². The number of benzene rings is 3. The van der Waals surface area contributed by atoms with E-state index in [9.17, 15) is 10.1 Å². The van der Waals surface area contributed by atoms with E-state index >= 15 is 0 Å². The Bertz CT molecular complexity index is 1610. The molecule has 8 nitrogen and oxygen atoms in total. The molecule has 192 valence electrons. The molecule has 39 heavy (non-hydrogen) atoms. The van der Waals surface area contributed by atoms with Crippen molar-refractivity contribution in [1.82, 2.24) is 10.3 Å². The van der Waals surface area contributed by atoms with Crippen LogP contribution in [0.4, 0.5) is 11.4 Å². The Morgan fingerprint density at radius 2 is 1.59 bits per heavy atom. The summed E-state index contributed by atoms with van der Waals surface area (Å²) in [5.41, 5.74) is 2.45. The molecular formula is C30H22N4O4S. The number of furan rings is 1. The largest absolute Gasteiger partial charge is 0.459 e. The van der Waals surface area contributed by atoms with E-state index in [4.69, 9.17) is 21.4 Å². The summed E-state index contributed by atoms with van der Waals surface area (Å²) in [6.45, 7) is 0. The second-order valence-electron chi connectivity index (χ2n) is 8.91. The second kappa shape index (κ2) is 10.4. The molecule has 3 heterocycles. The Kier molecular flexibility index (Phi) is 6.48. The van der Waals surface area contributed by atoms with Gasteiger partial charge in [-0.15, -0.1) is 0 Å². The van der Waals surface area contributed by atoms with Gasteiger partial charge < -0.3 is 19.4 Å². The molecule has 1 fully saturated rings. The lowest BCUT2D eigenvalue weighted by molar-refractivity contribution is -0.384. The number of hydrogen-bond donors (Lipinski definition) is 1. The molecule has 6 rings (SSSR count). The highest BCUT2D eigenvalue weighted by Gasteiger charge is 2.42. The van der Waals surface area contributed by atoms with Crippen LogP contribution in [-0.4, -0.2) is 15.0 Å². The maximum Gasteiger partial charge on any atom is 0.269 e. The van der Waals surface area contributed by atoms with Gasteiger partial charge in [0.1, 0.15) is 29.1 Å². The molecule has 2 aromatic heterocycles. The number of pyridine rings is 1. The van der Waals surface area contributed by atoms with Crippen molar-refractivity contribution in [2.75, 3.05) is 4.90 Å². The third-order valence-electron chi connectivity index (χ3n) is 6.47. The van der Waals surface area contributed by atoms with E-state index in [1.165, 1.54) is 12.1 Å². The number of ether oxygens (including phenoxy) is 1. The Morgan fingerprint density at radius 3 is 2.28 bits per heavy atom. The van der Waals surface area contributed by atoms with Gasteiger partial charge in [0.25, 0.3) is 5.69 Å². The van der Waals surface area contributed by atoms with Crippen LogP contribution >= 0.6 is 12.2 Å². The lowest BCUT2D eigenvalue weighted by atomic mass is 10.0. The van der Waals surface area contributed by atoms with Crippen LogP contribution in [0, 0.1) is 10.1 Å². The van der Waals surface area contributed by atoms with Gasteiger partial charge in [0.05, 0.1) is 16.7 Å². The number of nitro groups is 1. The number of nitrogens with one attached hydrogen (secondary N) is 1. The van der Waals surface area contributed by atoms with E-state index in [0.717, 1.165) is 22.7 Å². The Labute approximate surface area is 229 Å². The van der Waals surface area contributed by atoms with Gasteiger partial charge in [0, 0.05) is 29.6 Å². The number of nitrogens with zero attached hydrogens (tertiary/aromatic N) is 3. The highest BCUT2D eigenvalue weighted by atomic mass is 32.1. The average molecular weight is 535 g/mol. The summed E-state index contributed by atoms with van der Waals surface area (Å²) in [5, 5.41) is 15.0. The fourth-order valence-electron chi connectivity index (χ4n) is 4.64. The fourth-order valence-corrected chi connectivity index (χ4v) is 4.98. The Hall–Kier alpha value is -5.02. The summed E-state index contributed by atoms with van der Waals surface area (Å²) in [6, 6.07) is 32.5. The van der Waals surface area contributed by atoms with Crippen LogP contribution in [0.25, 0.3) is 11.3 Å².